The summed E-state index contributed by atoms with van der Waals surface area (Å²) in [5.41, 5.74) is 0.690. The highest BCUT2D eigenvalue weighted by Crippen LogP contribution is 2.42. The monoisotopic (exact) mass is 256 g/mol. The smallest absolute Gasteiger partial charge is 0.272 e. The number of rotatable bonds is 1. The van der Waals surface area contributed by atoms with Crippen LogP contribution in [0.25, 0.3) is 0 Å². The number of nitrogens with one attached hydrogen (secondary N) is 1. The Hall–Kier alpha value is -1.56. The van der Waals surface area contributed by atoms with Gasteiger partial charge in [0, 0.05) is 26.2 Å². The van der Waals surface area contributed by atoms with Crippen molar-refractivity contribution in [1.29, 1.82) is 0 Å². The zero-order chi connectivity index (χ0) is 12.5. The molecule has 1 unspecified atom stereocenters. The van der Waals surface area contributed by atoms with Crippen molar-refractivity contribution in [1.82, 2.24) is 5.32 Å². The molecule has 2 aliphatic rings. The van der Waals surface area contributed by atoms with Crippen LogP contribution in [0.5, 0.6) is 11.5 Å². The normalized spacial score (nSPS) is 23.0. The Morgan fingerprint density at radius 3 is 2.78 bits per heavy atom. The summed E-state index contributed by atoms with van der Waals surface area (Å²) in [5.74, 6) is -0.327. The van der Waals surface area contributed by atoms with E-state index < -0.39 is 12.2 Å². The molecule has 1 atom stereocenters. The second kappa shape index (κ2) is 4.61. The van der Waals surface area contributed by atoms with Crippen LogP contribution in [0.4, 0.5) is 14.5 Å². The predicted molar refractivity (Wildman–Crippen MR) is 62.5 cm³/mol. The molecule has 0 aromatic heterocycles. The summed E-state index contributed by atoms with van der Waals surface area (Å²) in [6, 6.07) is 2.94. The molecule has 0 saturated carbocycles. The van der Waals surface area contributed by atoms with E-state index in [0.717, 1.165) is 26.2 Å². The van der Waals surface area contributed by atoms with Gasteiger partial charge in [-0.25, -0.2) is 4.39 Å². The van der Waals surface area contributed by atoms with Crippen LogP contribution in [0.1, 0.15) is 0 Å². The van der Waals surface area contributed by atoms with Gasteiger partial charge in [-0.3, -0.25) is 0 Å². The van der Waals surface area contributed by atoms with Crippen LogP contribution >= 0.6 is 0 Å². The number of hydrogen-bond donors (Lipinski definition) is 1. The van der Waals surface area contributed by atoms with Gasteiger partial charge in [-0.1, -0.05) is 0 Å². The quantitative estimate of drug-likeness (QED) is 0.821. The molecule has 1 fully saturated rings. The Balaban J connectivity index is 1.98. The molecular formula is C12H14F2N2O2. The van der Waals surface area contributed by atoms with Crippen molar-refractivity contribution < 1.29 is 18.3 Å². The highest BCUT2D eigenvalue weighted by molar-refractivity contribution is 5.66. The number of alkyl halides is 1. The summed E-state index contributed by atoms with van der Waals surface area (Å²) in [5, 5.41) is 3.22. The van der Waals surface area contributed by atoms with Crippen LogP contribution in [0.15, 0.2) is 12.1 Å². The van der Waals surface area contributed by atoms with Gasteiger partial charge in [-0.15, -0.1) is 0 Å². The van der Waals surface area contributed by atoms with E-state index >= 15 is 0 Å². The molecule has 1 saturated heterocycles. The Morgan fingerprint density at radius 2 is 2.00 bits per heavy atom. The lowest BCUT2D eigenvalue weighted by molar-refractivity contribution is -0.00469. The molecule has 3 rings (SSSR count). The Kier molecular flexibility index (Phi) is 2.95. The van der Waals surface area contributed by atoms with E-state index in [4.69, 9.17) is 9.47 Å². The van der Waals surface area contributed by atoms with Crippen molar-refractivity contribution in [3.8, 4) is 11.5 Å². The number of benzene rings is 1. The van der Waals surface area contributed by atoms with Crippen molar-refractivity contribution in [2.24, 2.45) is 0 Å². The van der Waals surface area contributed by atoms with Crippen molar-refractivity contribution in [2.75, 3.05) is 37.7 Å². The van der Waals surface area contributed by atoms with Gasteiger partial charge in [0.25, 0.3) is 6.36 Å². The molecule has 0 aliphatic carbocycles. The summed E-state index contributed by atoms with van der Waals surface area (Å²) in [6.07, 6.45) is -1.54. The first kappa shape index (κ1) is 11.5. The van der Waals surface area contributed by atoms with E-state index in [2.05, 4.69) is 5.32 Å². The number of hydrogen-bond acceptors (Lipinski definition) is 4. The van der Waals surface area contributed by atoms with Crippen molar-refractivity contribution in [3.63, 3.8) is 0 Å². The first-order valence-electron chi connectivity index (χ1n) is 5.97. The van der Waals surface area contributed by atoms with Crippen LogP contribution in [0.2, 0.25) is 0 Å². The topological polar surface area (TPSA) is 33.7 Å². The average Bonchev–Trinajstić information content (AvgIpc) is 2.40. The lowest BCUT2D eigenvalue weighted by Gasteiger charge is -2.33. The first-order chi connectivity index (χ1) is 8.75. The fourth-order valence-electron chi connectivity index (χ4n) is 2.24. The molecule has 0 radical (unpaired) electrons. The zero-order valence-electron chi connectivity index (χ0n) is 9.79. The number of piperazine rings is 1. The maximum absolute atomic E-state index is 13.6. The number of halogens is 2. The van der Waals surface area contributed by atoms with E-state index in [0.29, 0.717) is 5.69 Å². The van der Waals surface area contributed by atoms with Gasteiger partial charge in [-0.2, -0.15) is 4.39 Å². The van der Waals surface area contributed by atoms with Crippen LogP contribution in [0.3, 0.4) is 0 Å². The molecule has 2 aliphatic heterocycles. The number of nitrogens with zero attached hydrogens (tertiary/aromatic N) is 1. The average molecular weight is 256 g/mol. The van der Waals surface area contributed by atoms with E-state index in [1.165, 1.54) is 6.07 Å². The Bertz CT molecular complexity index is 450. The minimum atomic E-state index is -1.54. The van der Waals surface area contributed by atoms with Gasteiger partial charge in [-0.05, 0) is 12.1 Å². The molecule has 6 heteroatoms. The summed E-state index contributed by atoms with van der Waals surface area (Å²) in [7, 11) is 0. The lowest BCUT2D eigenvalue weighted by atomic mass is 10.2. The largest absolute Gasteiger partial charge is 0.480 e. The Labute approximate surface area is 103 Å². The number of ether oxygens (including phenoxy) is 2. The lowest BCUT2D eigenvalue weighted by Crippen LogP contribution is -2.44. The standard InChI is InChI=1S/C12H14F2N2O2/c13-8-1-2-9(16-5-3-15-4-6-16)12-11(8)17-7-10(14)18-12/h1-2,10,15H,3-7H2. The van der Waals surface area contributed by atoms with E-state index in [-0.39, 0.29) is 18.1 Å². The first-order valence-corrected chi connectivity index (χ1v) is 5.97. The molecule has 4 nitrogen and oxygen atoms in total. The third-order valence-electron chi connectivity index (χ3n) is 3.11. The van der Waals surface area contributed by atoms with E-state index in [1.807, 2.05) is 4.90 Å². The summed E-state index contributed by atoms with van der Waals surface area (Å²) >= 11 is 0. The SMILES string of the molecule is Fc1ccc(N2CCNCC2)c2c1OCC(F)O2. The van der Waals surface area contributed by atoms with Gasteiger partial charge in [0.15, 0.2) is 23.9 Å². The van der Waals surface area contributed by atoms with Crippen LogP contribution in [-0.2, 0) is 0 Å². The zero-order valence-corrected chi connectivity index (χ0v) is 9.79. The molecule has 1 aromatic rings. The molecular weight excluding hydrogens is 242 g/mol. The summed E-state index contributed by atoms with van der Waals surface area (Å²) in [4.78, 5) is 2.04. The molecule has 2 heterocycles. The molecule has 1 N–H and O–H groups in total. The molecule has 1 aromatic carbocycles. The maximum atomic E-state index is 13.6. The van der Waals surface area contributed by atoms with Crippen molar-refractivity contribution in [3.05, 3.63) is 17.9 Å². The minimum absolute atomic E-state index is 0.0138. The fraction of sp³-hybridized carbons (Fsp3) is 0.500. The third kappa shape index (κ3) is 1.96. The van der Waals surface area contributed by atoms with E-state index in [9.17, 15) is 8.78 Å². The van der Waals surface area contributed by atoms with E-state index in [1.54, 1.807) is 6.07 Å². The second-order valence-electron chi connectivity index (χ2n) is 4.30. The van der Waals surface area contributed by atoms with Crippen molar-refractivity contribution >= 4 is 5.69 Å². The van der Waals surface area contributed by atoms with Gasteiger partial charge in [0.05, 0.1) is 5.69 Å². The van der Waals surface area contributed by atoms with Crippen molar-refractivity contribution in [2.45, 2.75) is 6.36 Å². The molecule has 98 valence electrons. The fourth-order valence-corrected chi connectivity index (χ4v) is 2.24. The third-order valence-corrected chi connectivity index (χ3v) is 3.11. The Morgan fingerprint density at radius 1 is 1.22 bits per heavy atom. The van der Waals surface area contributed by atoms with Crippen LogP contribution < -0.4 is 19.7 Å². The van der Waals surface area contributed by atoms with Gasteiger partial charge in [0.2, 0.25) is 0 Å². The summed E-state index contributed by atoms with van der Waals surface area (Å²) in [6.45, 7) is 2.96. The predicted octanol–water partition coefficient (Wildman–Crippen LogP) is 1.30. The molecule has 0 amide bonds. The number of fused-ring (bicyclic) bond motifs is 1. The highest BCUT2D eigenvalue weighted by Gasteiger charge is 2.28. The van der Waals surface area contributed by atoms with Gasteiger partial charge < -0.3 is 19.7 Å². The van der Waals surface area contributed by atoms with Crippen LogP contribution in [-0.4, -0.2) is 39.1 Å². The molecule has 18 heavy (non-hydrogen) atoms. The second-order valence-corrected chi connectivity index (χ2v) is 4.30. The molecule has 0 bridgehead atoms. The van der Waals surface area contributed by atoms with Gasteiger partial charge >= 0.3 is 0 Å². The van der Waals surface area contributed by atoms with Gasteiger partial charge in [0.1, 0.15) is 0 Å². The minimum Gasteiger partial charge on any atom is -0.480 e. The summed E-state index contributed by atoms with van der Waals surface area (Å²) < 4.78 is 37.0. The van der Waals surface area contributed by atoms with Crippen LogP contribution in [0, 0.1) is 5.82 Å². The number of anilines is 1. The maximum Gasteiger partial charge on any atom is 0.272 e. The highest BCUT2D eigenvalue weighted by atomic mass is 19.1. The molecule has 0 spiro atoms.